The molecule has 0 radical (unpaired) electrons. The van der Waals surface area contributed by atoms with Gasteiger partial charge in [0.05, 0.1) is 22.0 Å². The second-order valence-corrected chi connectivity index (χ2v) is 6.58. The zero-order chi connectivity index (χ0) is 16.2. The second kappa shape index (κ2) is 7.02. The SMILES string of the molecule is Cc1ccc(NC(=O)CSc2cccc3cccnc23)c(Cl)c1. The molecule has 0 aliphatic carbocycles. The van der Waals surface area contributed by atoms with Crippen molar-refractivity contribution in [3.05, 3.63) is 65.3 Å². The number of aromatic nitrogens is 1. The number of benzene rings is 2. The number of amides is 1. The van der Waals surface area contributed by atoms with Crippen LogP contribution in [0.5, 0.6) is 0 Å². The third kappa shape index (κ3) is 3.84. The van der Waals surface area contributed by atoms with E-state index in [2.05, 4.69) is 10.3 Å². The number of nitrogens with zero attached hydrogens (tertiary/aromatic N) is 1. The van der Waals surface area contributed by atoms with E-state index in [1.165, 1.54) is 11.8 Å². The first kappa shape index (κ1) is 15.8. The summed E-state index contributed by atoms with van der Waals surface area (Å²) in [5, 5.41) is 4.46. The van der Waals surface area contributed by atoms with E-state index >= 15 is 0 Å². The summed E-state index contributed by atoms with van der Waals surface area (Å²) in [6, 6.07) is 15.5. The maximum Gasteiger partial charge on any atom is 0.234 e. The van der Waals surface area contributed by atoms with Crippen LogP contribution in [0.3, 0.4) is 0 Å². The van der Waals surface area contributed by atoms with Gasteiger partial charge in [-0.1, -0.05) is 35.9 Å². The number of hydrogen-bond donors (Lipinski definition) is 1. The topological polar surface area (TPSA) is 42.0 Å². The third-order valence-electron chi connectivity index (χ3n) is 3.35. The predicted molar refractivity (Wildman–Crippen MR) is 97.3 cm³/mol. The molecule has 0 bridgehead atoms. The second-order valence-electron chi connectivity index (χ2n) is 5.15. The van der Waals surface area contributed by atoms with Crippen LogP contribution >= 0.6 is 23.4 Å². The molecule has 3 nitrogen and oxygen atoms in total. The van der Waals surface area contributed by atoms with Crippen LogP contribution in [0.2, 0.25) is 5.02 Å². The average Bonchev–Trinajstić information content (AvgIpc) is 2.55. The van der Waals surface area contributed by atoms with E-state index < -0.39 is 0 Å². The van der Waals surface area contributed by atoms with Crippen molar-refractivity contribution in [1.82, 2.24) is 4.98 Å². The molecule has 3 rings (SSSR count). The number of rotatable bonds is 4. The monoisotopic (exact) mass is 342 g/mol. The molecule has 1 N–H and O–H groups in total. The lowest BCUT2D eigenvalue weighted by molar-refractivity contribution is -0.113. The highest BCUT2D eigenvalue weighted by Crippen LogP contribution is 2.27. The first-order chi connectivity index (χ1) is 11.1. The minimum absolute atomic E-state index is 0.0892. The summed E-state index contributed by atoms with van der Waals surface area (Å²) in [5.41, 5.74) is 2.62. The first-order valence-corrected chi connectivity index (χ1v) is 8.52. The van der Waals surface area contributed by atoms with Crippen molar-refractivity contribution >= 4 is 45.9 Å². The molecule has 5 heteroatoms. The van der Waals surface area contributed by atoms with E-state index in [-0.39, 0.29) is 5.91 Å². The highest BCUT2D eigenvalue weighted by atomic mass is 35.5. The number of nitrogens with one attached hydrogen (secondary N) is 1. The van der Waals surface area contributed by atoms with Gasteiger partial charge in [-0.05, 0) is 36.8 Å². The zero-order valence-corrected chi connectivity index (χ0v) is 14.1. The van der Waals surface area contributed by atoms with Crippen molar-refractivity contribution in [3.63, 3.8) is 0 Å². The molecule has 0 aliphatic heterocycles. The summed E-state index contributed by atoms with van der Waals surface area (Å²) in [4.78, 5) is 17.5. The Morgan fingerprint density at radius 3 is 2.87 bits per heavy atom. The lowest BCUT2D eigenvalue weighted by atomic mass is 10.2. The van der Waals surface area contributed by atoms with Crippen molar-refractivity contribution in [3.8, 4) is 0 Å². The van der Waals surface area contributed by atoms with Crippen molar-refractivity contribution in [2.45, 2.75) is 11.8 Å². The number of fused-ring (bicyclic) bond motifs is 1. The van der Waals surface area contributed by atoms with E-state index in [0.717, 1.165) is 21.4 Å². The third-order valence-corrected chi connectivity index (χ3v) is 4.71. The fraction of sp³-hybridized carbons (Fsp3) is 0.111. The Morgan fingerprint density at radius 2 is 2.04 bits per heavy atom. The van der Waals surface area contributed by atoms with Crippen LogP contribution in [0.1, 0.15) is 5.56 Å². The number of thioether (sulfide) groups is 1. The smallest absolute Gasteiger partial charge is 0.234 e. The minimum atomic E-state index is -0.0892. The summed E-state index contributed by atoms with van der Waals surface area (Å²) < 4.78 is 0. The number of aryl methyl sites for hydroxylation is 1. The molecule has 0 unspecified atom stereocenters. The molecular weight excluding hydrogens is 328 g/mol. The highest BCUT2D eigenvalue weighted by Gasteiger charge is 2.09. The van der Waals surface area contributed by atoms with Crippen LogP contribution in [0.25, 0.3) is 10.9 Å². The largest absolute Gasteiger partial charge is 0.324 e. The molecule has 116 valence electrons. The molecule has 0 fully saturated rings. The van der Waals surface area contributed by atoms with E-state index in [9.17, 15) is 4.79 Å². The minimum Gasteiger partial charge on any atom is -0.324 e. The number of halogens is 1. The molecule has 1 heterocycles. The Hall–Kier alpha value is -2.04. The molecule has 23 heavy (non-hydrogen) atoms. The van der Waals surface area contributed by atoms with Crippen molar-refractivity contribution in [2.75, 3.05) is 11.1 Å². The molecule has 0 saturated heterocycles. The highest BCUT2D eigenvalue weighted by molar-refractivity contribution is 8.00. The maximum atomic E-state index is 12.1. The fourth-order valence-corrected chi connectivity index (χ4v) is 3.37. The summed E-state index contributed by atoms with van der Waals surface area (Å²) in [7, 11) is 0. The molecule has 1 aromatic heterocycles. The lowest BCUT2D eigenvalue weighted by Gasteiger charge is -2.08. The number of para-hydroxylation sites is 1. The van der Waals surface area contributed by atoms with Gasteiger partial charge in [0.1, 0.15) is 0 Å². The molecule has 0 aliphatic rings. The van der Waals surface area contributed by atoms with E-state index in [1.807, 2.05) is 55.5 Å². The summed E-state index contributed by atoms with van der Waals surface area (Å²) >= 11 is 7.61. The van der Waals surface area contributed by atoms with E-state index in [1.54, 1.807) is 6.20 Å². The maximum absolute atomic E-state index is 12.1. The quantitative estimate of drug-likeness (QED) is 0.684. The fourth-order valence-electron chi connectivity index (χ4n) is 2.24. The Labute approximate surface area is 144 Å². The summed E-state index contributed by atoms with van der Waals surface area (Å²) in [6.45, 7) is 1.96. The molecule has 3 aromatic rings. The lowest BCUT2D eigenvalue weighted by Crippen LogP contribution is -2.14. The van der Waals surface area contributed by atoms with Crippen LogP contribution in [0.15, 0.2) is 59.6 Å². The van der Waals surface area contributed by atoms with Gasteiger partial charge in [0.15, 0.2) is 0 Å². The molecule has 2 aromatic carbocycles. The van der Waals surface area contributed by atoms with Crippen LogP contribution in [0, 0.1) is 6.92 Å². The summed E-state index contributed by atoms with van der Waals surface area (Å²) in [6.07, 6.45) is 1.76. The Kier molecular flexibility index (Phi) is 4.84. The van der Waals surface area contributed by atoms with Gasteiger partial charge < -0.3 is 5.32 Å². The molecule has 0 atom stereocenters. The first-order valence-electron chi connectivity index (χ1n) is 7.16. The standard InChI is InChI=1S/C18H15ClN2OS/c1-12-7-8-15(14(19)10-12)21-17(22)11-23-16-6-2-4-13-5-3-9-20-18(13)16/h2-10H,11H2,1H3,(H,21,22). The average molecular weight is 343 g/mol. The number of anilines is 1. The normalized spacial score (nSPS) is 10.7. The molecule has 0 saturated carbocycles. The van der Waals surface area contributed by atoms with Gasteiger partial charge in [-0.15, -0.1) is 11.8 Å². The van der Waals surface area contributed by atoms with E-state index in [0.29, 0.717) is 16.5 Å². The van der Waals surface area contributed by atoms with Gasteiger partial charge in [-0.25, -0.2) is 0 Å². The molecule has 0 spiro atoms. The van der Waals surface area contributed by atoms with Gasteiger partial charge in [-0.2, -0.15) is 0 Å². The van der Waals surface area contributed by atoms with Crippen molar-refractivity contribution in [1.29, 1.82) is 0 Å². The Bertz CT molecular complexity index is 861. The van der Waals surface area contributed by atoms with Crippen LogP contribution in [-0.2, 0) is 4.79 Å². The van der Waals surface area contributed by atoms with Crippen molar-refractivity contribution in [2.24, 2.45) is 0 Å². The Balaban J connectivity index is 1.69. The van der Waals surface area contributed by atoms with Crippen LogP contribution < -0.4 is 5.32 Å². The van der Waals surface area contributed by atoms with Crippen LogP contribution in [0.4, 0.5) is 5.69 Å². The number of hydrogen-bond acceptors (Lipinski definition) is 3. The van der Waals surface area contributed by atoms with Gasteiger partial charge >= 0.3 is 0 Å². The van der Waals surface area contributed by atoms with Gasteiger partial charge in [0.25, 0.3) is 0 Å². The number of pyridine rings is 1. The molecular formula is C18H15ClN2OS. The van der Waals surface area contributed by atoms with Crippen LogP contribution in [-0.4, -0.2) is 16.6 Å². The van der Waals surface area contributed by atoms with Gasteiger partial charge in [-0.3, -0.25) is 9.78 Å². The van der Waals surface area contributed by atoms with Gasteiger partial charge in [0.2, 0.25) is 5.91 Å². The van der Waals surface area contributed by atoms with Gasteiger partial charge in [0, 0.05) is 16.5 Å². The molecule has 1 amide bonds. The van der Waals surface area contributed by atoms with E-state index in [4.69, 9.17) is 11.6 Å². The zero-order valence-electron chi connectivity index (χ0n) is 12.5. The summed E-state index contributed by atoms with van der Waals surface area (Å²) in [5.74, 6) is 0.216. The van der Waals surface area contributed by atoms with Crippen molar-refractivity contribution < 1.29 is 4.79 Å². The Morgan fingerprint density at radius 1 is 1.22 bits per heavy atom. The number of carbonyl (C=O) groups is 1. The predicted octanol–water partition coefficient (Wildman–Crippen LogP) is 4.93. The number of carbonyl (C=O) groups excluding carboxylic acids is 1.